The third kappa shape index (κ3) is 3.35. The Morgan fingerprint density at radius 2 is 1.92 bits per heavy atom. The molecule has 26 heavy (non-hydrogen) atoms. The molecule has 6 nitrogen and oxygen atoms in total. The molecule has 2 aromatic rings. The van der Waals surface area contributed by atoms with Crippen LogP contribution < -0.4 is 10.3 Å². The summed E-state index contributed by atoms with van der Waals surface area (Å²) in [5, 5.41) is 31.0. The van der Waals surface area contributed by atoms with Crippen LogP contribution in [0, 0.1) is 18.8 Å². The molecule has 0 unspecified atom stereocenters. The zero-order valence-electron chi connectivity index (χ0n) is 14.6. The number of phenolic OH excluding ortho intramolecular Hbond substituents is 2. The molecule has 142 valence electrons. The average Bonchev–Trinajstić information content (AvgIpc) is 3.32. The number of aliphatic hydroxyl groups is 1. The van der Waals surface area contributed by atoms with Crippen molar-refractivity contribution in [3.63, 3.8) is 0 Å². The average molecular weight is 382 g/mol. The lowest BCUT2D eigenvalue weighted by Gasteiger charge is -2.37. The fourth-order valence-corrected chi connectivity index (χ4v) is 3.95. The van der Waals surface area contributed by atoms with Gasteiger partial charge in [0.25, 0.3) is 0 Å². The van der Waals surface area contributed by atoms with Gasteiger partial charge < -0.3 is 24.6 Å². The van der Waals surface area contributed by atoms with Gasteiger partial charge in [0.05, 0.1) is 6.10 Å². The molecule has 0 bridgehead atoms. The summed E-state index contributed by atoms with van der Waals surface area (Å²) in [6.07, 6.45) is 3.94. The lowest BCUT2D eigenvalue weighted by molar-refractivity contribution is 0.0846. The van der Waals surface area contributed by atoms with E-state index in [4.69, 9.17) is 4.42 Å². The molecule has 2 aliphatic rings. The van der Waals surface area contributed by atoms with Gasteiger partial charge in [-0.1, -0.05) is 12.8 Å². The second kappa shape index (κ2) is 7.00. The van der Waals surface area contributed by atoms with Crippen LogP contribution in [-0.2, 0) is 0 Å². The molecule has 7 heteroatoms. The summed E-state index contributed by atoms with van der Waals surface area (Å²) in [5.74, 6) is 1.01. The molecule has 1 saturated heterocycles. The Hall–Kier alpha value is -1.92. The first kappa shape index (κ1) is 18.9. The first-order valence-electron chi connectivity index (χ1n) is 8.86. The lowest BCUT2D eigenvalue weighted by Crippen LogP contribution is -2.44. The first-order chi connectivity index (χ1) is 11.9. The Kier molecular flexibility index (Phi) is 5.08. The molecule has 2 heterocycles. The second-order valence-corrected chi connectivity index (χ2v) is 7.43. The summed E-state index contributed by atoms with van der Waals surface area (Å²) in [6, 6.07) is 2.49. The predicted molar refractivity (Wildman–Crippen MR) is 101 cm³/mol. The van der Waals surface area contributed by atoms with E-state index < -0.39 is 6.10 Å². The van der Waals surface area contributed by atoms with Crippen LogP contribution in [-0.4, -0.2) is 34.5 Å². The Bertz CT molecular complexity index is 876. The summed E-state index contributed by atoms with van der Waals surface area (Å²) < 4.78 is 5.68. The largest absolute Gasteiger partial charge is 0.507 e. The molecule has 1 aliphatic carbocycles. The molecule has 4 rings (SSSR count). The Morgan fingerprint density at radius 3 is 2.58 bits per heavy atom. The number of anilines is 1. The van der Waals surface area contributed by atoms with E-state index in [1.54, 1.807) is 6.92 Å². The molecule has 0 amide bonds. The minimum absolute atomic E-state index is 0. The molecule has 1 aliphatic heterocycles. The lowest BCUT2D eigenvalue weighted by atomic mass is 9.88. The minimum atomic E-state index is -0.478. The van der Waals surface area contributed by atoms with Crippen LogP contribution in [0.3, 0.4) is 0 Å². The number of halogens is 1. The quantitative estimate of drug-likeness (QED) is 0.756. The Morgan fingerprint density at radius 1 is 1.19 bits per heavy atom. The van der Waals surface area contributed by atoms with Crippen molar-refractivity contribution in [3.8, 4) is 11.5 Å². The normalized spacial score (nSPS) is 23.1. The second-order valence-electron chi connectivity index (χ2n) is 7.43. The van der Waals surface area contributed by atoms with Gasteiger partial charge >= 0.3 is 0 Å². The van der Waals surface area contributed by atoms with Gasteiger partial charge in [0.2, 0.25) is 0 Å². The van der Waals surface area contributed by atoms with Crippen LogP contribution in [0.25, 0.3) is 11.0 Å². The van der Waals surface area contributed by atoms with Crippen LogP contribution >= 0.6 is 12.4 Å². The first-order valence-corrected chi connectivity index (χ1v) is 8.86. The van der Waals surface area contributed by atoms with E-state index in [0.717, 1.165) is 18.8 Å². The molecule has 1 aromatic carbocycles. The van der Waals surface area contributed by atoms with E-state index in [-0.39, 0.29) is 46.2 Å². The number of rotatable bonds is 3. The number of benzene rings is 1. The predicted octanol–water partition coefficient (Wildman–Crippen LogP) is 2.92. The van der Waals surface area contributed by atoms with Crippen molar-refractivity contribution in [1.82, 2.24) is 0 Å². The Labute approximate surface area is 157 Å². The van der Waals surface area contributed by atoms with Crippen molar-refractivity contribution in [2.24, 2.45) is 11.8 Å². The number of fused-ring (bicyclic) bond motifs is 1. The van der Waals surface area contributed by atoms with Gasteiger partial charge in [0, 0.05) is 25.2 Å². The zero-order chi connectivity index (χ0) is 17.7. The van der Waals surface area contributed by atoms with Gasteiger partial charge in [-0.2, -0.15) is 0 Å². The van der Waals surface area contributed by atoms with E-state index in [2.05, 4.69) is 0 Å². The van der Waals surface area contributed by atoms with Gasteiger partial charge in [0.1, 0.15) is 28.3 Å². The van der Waals surface area contributed by atoms with Crippen LogP contribution in [0.2, 0.25) is 0 Å². The van der Waals surface area contributed by atoms with Crippen LogP contribution in [0.5, 0.6) is 11.5 Å². The highest BCUT2D eigenvalue weighted by Gasteiger charge is 2.34. The Balaban J connectivity index is 0.00000196. The number of aromatic hydroxyl groups is 2. The smallest absolute Gasteiger partial charge is 0.196 e. The van der Waals surface area contributed by atoms with E-state index in [9.17, 15) is 20.1 Å². The van der Waals surface area contributed by atoms with E-state index >= 15 is 0 Å². The van der Waals surface area contributed by atoms with Crippen molar-refractivity contribution < 1.29 is 19.7 Å². The van der Waals surface area contributed by atoms with Crippen LogP contribution in [0.4, 0.5) is 5.69 Å². The third-order valence-electron chi connectivity index (χ3n) is 5.43. The maximum absolute atomic E-state index is 12.2. The van der Waals surface area contributed by atoms with Gasteiger partial charge in [-0.05, 0) is 31.6 Å². The zero-order valence-corrected chi connectivity index (χ0v) is 15.5. The highest BCUT2D eigenvalue weighted by molar-refractivity contribution is 5.96. The highest BCUT2D eigenvalue weighted by Crippen LogP contribution is 2.43. The fourth-order valence-electron chi connectivity index (χ4n) is 3.95. The summed E-state index contributed by atoms with van der Waals surface area (Å²) in [6.45, 7) is 2.70. The number of hydrogen-bond acceptors (Lipinski definition) is 6. The molecule has 1 aromatic heterocycles. The summed E-state index contributed by atoms with van der Waals surface area (Å²) in [7, 11) is 0. The van der Waals surface area contributed by atoms with E-state index in [1.807, 2.05) is 4.90 Å². The van der Waals surface area contributed by atoms with E-state index in [1.165, 1.54) is 25.0 Å². The standard InChI is InChI=1S/C19H23NO5.ClH/c1-10-6-13(21)17-14(22)8-15(23)18(19(17)25-10)20-5-4-12(16(24)9-20)7-11-2-3-11;/h6,8,11-12,16,22-24H,2-5,7,9H2,1H3;1H/t12-,16-;/m0./s1. The van der Waals surface area contributed by atoms with Crippen LogP contribution in [0.1, 0.15) is 31.4 Å². The highest BCUT2D eigenvalue weighted by atomic mass is 35.5. The van der Waals surface area contributed by atoms with Crippen molar-refractivity contribution >= 4 is 29.1 Å². The number of aryl methyl sites for hydroxylation is 1. The van der Waals surface area contributed by atoms with Crippen LogP contribution in [0.15, 0.2) is 21.3 Å². The minimum Gasteiger partial charge on any atom is -0.507 e. The summed E-state index contributed by atoms with van der Waals surface area (Å²) in [4.78, 5) is 14.1. The number of nitrogens with zero attached hydrogens (tertiary/aromatic N) is 1. The third-order valence-corrected chi connectivity index (χ3v) is 5.43. The molecular weight excluding hydrogens is 358 g/mol. The maximum Gasteiger partial charge on any atom is 0.196 e. The number of piperidine rings is 1. The number of phenols is 2. The topological polar surface area (TPSA) is 94.1 Å². The number of hydrogen-bond donors (Lipinski definition) is 3. The van der Waals surface area contributed by atoms with Crippen molar-refractivity contribution in [1.29, 1.82) is 0 Å². The summed E-state index contributed by atoms with van der Waals surface area (Å²) in [5.41, 5.74) is 0.203. The monoisotopic (exact) mass is 381 g/mol. The maximum atomic E-state index is 12.2. The molecule has 0 radical (unpaired) electrons. The van der Waals surface area contributed by atoms with Gasteiger partial charge in [-0.15, -0.1) is 12.4 Å². The molecule has 3 N–H and O–H groups in total. The van der Waals surface area contributed by atoms with Gasteiger partial charge in [-0.25, -0.2) is 0 Å². The summed E-state index contributed by atoms with van der Waals surface area (Å²) >= 11 is 0. The SMILES string of the molecule is Cc1cc(=O)c2c(O)cc(O)c(N3CC[C@@H](CC4CC4)[C@@H](O)C3)c2o1.Cl. The van der Waals surface area contributed by atoms with Crippen molar-refractivity contribution in [3.05, 3.63) is 28.1 Å². The van der Waals surface area contributed by atoms with Crippen molar-refractivity contribution in [2.45, 2.75) is 38.7 Å². The molecule has 1 saturated carbocycles. The van der Waals surface area contributed by atoms with E-state index in [0.29, 0.717) is 24.5 Å². The molecule has 0 spiro atoms. The fraction of sp³-hybridized carbons (Fsp3) is 0.526. The van der Waals surface area contributed by atoms with Crippen molar-refractivity contribution in [2.75, 3.05) is 18.0 Å². The number of aliphatic hydroxyl groups excluding tert-OH is 1. The van der Waals surface area contributed by atoms with Gasteiger partial charge in [-0.3, -0.25) is 4.79 Å². The number of β-amino-alcohol motifs (C(OH)–C–C–N with tert-alkyl or cyclic N) is 1. The molecule has 2 fully saturated rings. The molecule has 2 atom stereocenters. The van der Waals surface area contributed by atoms with Gasteiger partial charge in [0.15, 0.2) is 11.0 Å². The molecular formula is C19H24ClNO5.